The van der Waals surface area contributed by atoms with E-state index in [2.05, 4.69) is 38.0 Å². The van der Waals surface area contributed by atoms with E-state index in [1.54, 1.807) is 7.11 Å². The summed E-state index contributed by atoms with van der Waals surface area (Å²) in [4.78, 5) is 2.31. The Kier molecular flexibility index (Phi) is 6.52. The molecule has 0 amide bonds. The number of piperazine rings is 1. The Balaban J connectivity index is 1.70. The van der Waals surface area contributed by atoms with Gasteiger partial charge in [-0.1, -0.05) is 30.3 Å². The first-order valence-corrected chi connectivity index (χ1v) is 9.47. The molecule has 1 aliphatic rings. The van der Waals surface area contributed by atoms with Crippen LogP contribution in [-0.4, -0.2) is 56.5 Å². The lowest BCUT2D eigenvalue weighted by atomic mass is 10.2. The van der Waals surface area contributed by atoms with E-state index in [0.29, 0.717) is 18.1 Å². The quantitative estimate of drug-likeness (QED) is 0.672. The van der Waals surface area contributed by atoms with Crippen LogP contribution >= 0.6 is 15.9 Å². The van der Waals surface area contributed by atoms with E-state index >= 15 is 0 Å². The summed E-state index contributed by atoms with van der Waals surface area (Å²) in [5, 5.41) is 6.69. The van der Waals surface area contributed by atoms with Crippen molar-refractivity contribution in [3.8, 4) is 11.5 Å². The SMILES string of the molecule is COc1cc(/C=N/N2CCN(C)CC2)cc(Br)c1OCc1ccccc1. The van der Waals surface area contributed by atoms with Gasteiger partial charge in [-0.2, -0.15) is 5.10 Å². The molecule has 0 bridgehead atoms. The minimum absolute atomic E-state index is 0.491. The zero-order chi connectivity index (χ0) is 18.4. The molecule has 0 saturated carbocycles. The first-order valence-electron chi connectivity index (χ1n) is 8.67. The van der Waals surface area contributed by atoms with E-state index in [9.17, 15) is 0 Å². The standard InChI is InChI=1S/C20H24BrN3O2/c1-23-8-10-24(11-9-23)22-14-17-12-18(21)20(19(13-17)25-2)26-15-16-6-4-3-5-7-16/h3-7,12-14H,8-11,15H2,1-2H3/b22-14+. The van der Waals surface area contributed by atoms with Gasteiger partial charge in [0.25, 0.3) is 0 Å². The Morgan fingerprint density at radius 3 is 2.54 bits per heavy atom. The highest BCUT2D eigenvalue weighted by molar-refractivity contribution is 9.10. The Morgan fingerprint density at radius 2 is 1.85 bits per heavy atom. The second kappa shape index (κ2) is 9.05. The fourth-order valence-electron chi connectivity index (χ4n) is 2.74. The molecule has 5 nitrogen and oxygen atoms in total. The normalized spacial score (nSPS) is 15.4. The molecule has 3 rings (SSSR count). The molecule has 0 spiro atoms. The van der Waals surface area contributed by atoms with Crippen LogP contribution in [0.25, 0.3) is 0 Å². The Bertz CT molecular complexity index is 744. The van der Waals surface area contributed by atoms with Crippen LogP contribution in [0.2, 0.25) is 0 Å². The summed E-state index contributed by atoms with van der Waals surface area (Å²) in [5.74, 6) is 1.39. The predicted octanol–water partition coefficient (Wildman–Crippen LogP) is 3.62. The van der Waals surface area contributed by atoms with Gasteiger partial charge in [0.1, 0.15) is 6.61 Å². The van der Waals surface area contributed by atoms with Crippen molar-refractivity contribution in [1.82, 2.24) is 9.91 Å². The summed E-state index contributed by atoms with van der Waals surface area (Å²) in [6, 6.07) is 14.0. The maximum absolute atomic E-state index is 5.97. The molecule has 6 heteroatoms. The van der Waals surface area contributed by atoms with E-state index in [-0.39, 0.29) is 0 Å². The minimum Gasteiger partial charge on any atom is -0.493 e. The molecule has 0 aliphatic carbocycles. The third-order valence-corrected chi connectivity index (χ3v) is 4.92. The third kappa shape index (κ3) is 4.99. The lowest BCUT2D eigenvalue weighted by molar-refractivity contribution is 0.159. The van der Waals surface area contributed by atoms with Gasteiger partial charge in [0, 0.05) is 26.2 Å². The molecule has 138 valence electrons. The van der Waals surface area contributed by atoms with Crippen molar-refractivity contribution in [3.05, 3.63) is 58.1 Å². The number of benzene rings is 2. The topological polar surface area (TPSA) is 37.3 Å². The first kappa shape index (κ1) is 18.7. The number of nitrogens with zero attached hydrogens (tertiary/aromatic N) is 3. The minimum atomic E-state index is 0.491. The van der Waals surface area contributed by atoms with Crippen molar-refractivity contribution < 1.29 is 9.47 Å². The number of likely N-dealkylation sites (N-methyl/N-ethyl adjacent to an activating group) is 1. The van der Waals surface area contributed by atoms with Gasteiger partial charge < -0.3 is 14.4 Å². The second-order valence-electron chi connectivity index (χ2n) is 6.31. The molecule has 26 heavy (non-hydrogen) atoms. The Labute approximate surface area is 163 Å². The van der Waals surface area contributed by atoms with Gasteiger partial charge in [-0.3, -0.25) is 5.01 Å². The molecule has 0 aromatic heterocycles. The number of rotatable bonds is 6. The molecule has 0 N–H and O–H groups in total. The molecule has 0 unspecified atom stereocenters. The van der Waals surface area contributed by atoms with Gasteiger partial charge in [-0.15, -0.1) is 0 Å². The van der Waals surface area contributed by atoms with Crippen molar-refractivity contribution in [2.75, 3.05) is 40.3 Å². The lowest BCUT2D eigenvalue weighted by Gasteiger charge is -2.30. The average Bonchev–Trinajstić information content (AvgIpc) is 2.67. The van der Waals surface area contributed by atoms with E-state index < -0.39 is 0 Å². The van der Waals surface area contributed by atoms with Crippen molar-refractivity contribution in [1.29, 1.82) is 0 Å². The van der Waals surface area contributed by atoms with E-state index in [0.717, 1.165) is 41.8 Å². The Hall–Kier alpha value is -2.05. The average molecular weight is 418 g/mol. The lowest BCUT2D eigenvalue weighted by Crippen LogP contribution is -2.41. The molecule has 2 aromatic carbocycles. The third-order valence-electron chi connectivity index (χ3n) is 4.33. The van der Waals surface area contributed by atoms with Crippen LogP contribution in [0.1, 0.15) is 11.1 Å². The monoisotopic (exact) mass is 417 g/mol. The molecule has 1 saturated heterocycles. The summed E-state index contributed by atoms with van der Waals surface area (Å²) in [6.07, 6.45) is 1.87. The van der Waals surface area contributed by atoms with Gasteiger partial charge in [0.2, 0.25) is 0 Å². The number of ether oxygens (including phenoxy) is 2. The summed E-state index contributed by atoms with van der Waals surface area (Å²) in [7, 11) is 3.79. The molecule has 0 radical (unpaired) electrons. The van der Waals surface area contributed by atoms with Gasteiger partial charge in [0.15, 0.2) is 11.5 Å². The maximum atomic E-state index is 5.97. The Morgan fingerprint density at radius 1 is 1.12 bits per heavy atom. The van der Waals surface area contributed by atoms with Crippen molar-refractivity contribution in [3.63, 3.8) is 0 Å². The zero-order valence-electron chi connectivity index (χ0n) is 15.2. The van der Waals surface area contributed by atoms with Crippen molar-refractivity contribution >= 4 is 22.1 Å². The molecule has 1 aliphatic heterocycles. The number of hydrazone groups is 1. The van der Waals surface area contributed by atoms with Crippen LogP contribution in [0.15, 0.2) is 52.0 Å². The molecular formula is C20H24BrN3O2. The number of methoxy groups -OCH3 is 1. The predicted molar refractivity (Wildman–Crippen MR) is 108 cm³/mol. The van der Waals surface area contributed by atoms with Crippen molar-refractivity contribution in [2.45, 2.75) is 6.61 Å². The van der Waals surface area contributed by atoms with Gasteiger partial charge in [-0.25, -0.2) is 0 Å². The molecule has 2 aromatic rings. The number of hydrogen-bond donors (Lipinski definition) is 0. The second-order valence-corrected chi connectivity index (χ2v) is 7.16. The van der Waals surface area contributed by atoms with Gasteiger partial charge in [-0.05, 0) is 46.2 Å². The summed E-state index contributed by atoms with van der Waals surface area (Å²) >= 11 is 3.60. The maximum Gasteiger partial charge on any atom is 0.175 e. The molecule has 0 atom stereocenters. The first-order chi connectivity index (χ1) is 12.7. The van der Waals surface area contributed by atoms with Crippen LogP contribution in [0.5, 0.6) is 11.5 Å². The summed E-state index contributed by atoms with van der Waals surface area (Å²) in [5.41, 5.74) is 2.09. The van der Waals surface area contributed by atoms with E-state index in [1.807, 2.05) is 48.7 Å². The summed E-state index contributed by atoms with van der Waals surface area (Å²) < 4.78 is 12.4. The fourth-order valence-corrected chi connectivity index (χ4v) is 3.32. The highest BCUT2D eigenvalue weighted by atomic mass is 79.9. The smallest absolute Gasteiger partial charge is 0.175 e. The molecular weight excluding hydrogens is 394 g/mol. The van der Waals surface area contributed by atoms with Crippen LogP contribution in [0.3, 0.4) is 0 Å². The fraction of sp³-hybridized carbons (Fsp3) is 0.350. The zero-order valence-corrected chi connectivity index (χ0v) is 16.8. The number of halogens is 1. The largest absolute Gasteiger partial charge is 0.493 e. The van der Waals surface area contributed by atoms with Crippen LogP contribution < -0.4 is 9.47 Å². The molecule has 1 fully saturated rings. The van der Waals surface area contributed by atoms with Gasteiger partial charge >= 0.3 is 0 Å². The van der Waals surface area contributed by atoms with Crippen LogP contribution in [0.4, 0.5) is 0 Å². The molecule has 1 heterocycles. The number of hydrogen-bond acceptors (Lipinski definition) is 5. The summed E-state index contributed by atoms with van der Waals surface area (Å²) in [6.45, 7) is 4.46. The van der Waals surface area contributed by atoms with Crippen molar-refractivity contribution in [2.24, 2.45) is 5.10 Å². The van der Waals surface area contributed by atoms with E-state index in [4.69, 9.17) is 9.47 Å². The highest BCUT2D eigenvalue weighted by Crippen LogP contribution is 2.36. The van der Waals surface area contributed by atoms with Crippen LogP contribution in [0, 0.1) is 0 Å². The van der Waals surface area contributed by atoms with Crippen LogP contribution in [-0.2, 0) is 6.61 Å². The highest BCUT2D eigenvalue weighted by Gasteiger charge is 2.13. The van der Waals surface area contributed by atoms with E-state index in [1.165, 1.54) is 0 Å². The van der Waals surface area contributed by atoms with Gasteiger partial charge in [0.05, 0.1) is 17.8 Å².